The maximum Gasteiger partial charge on any atom is 0.187 e. The van der Waals surface area contributed by atoms with Gasteiger partial charge in [-0.2, -0.15) is 0 Å². The second-order valence-electron chi connectivity index (χ2n) is 24.0. The summed E-state index contributed by atoms with van der Waals surface area (Å²) in [5.41, 5.74) is -0.0565. The van der Waals surface area contributed by atoms with Crippen LogP contribution in [0.4, 0.5) is 0 Å². The molecule has 5 unspecified atom stereocenters. The molecule has 0 bridgehead atoms. The van der Waals surface area contributed by atoms with Crippen LogP contribution in [0.5, 0.6) is 0 Å². The third kappa shape index (κ3) is 9.49. The van der Waals surface area contributed by atoms with Crippen LogP contribution in [-0.2, 0) is 47.4 Å². The van der Waals surface area contributed by atoms with Crippen molar-refractivity contribution in [2.24, 2.45) is 52.3 Å². The molecule has 0 amide bonds. The van der Waals surface area contributed by atoms with Gasteiger partial charge in [0.1, 0.15) is 91.6 Å². The van der Waals surface area contributed by atoms with Crippen LogP contribution in [0, 0.1) is 52.3 Å². The minimum absolute atomic E-state index is 0.130. The number of ether oxygens (including phenoxy) is 10. The molecule has 4 saturated carbocycles. The summed E-state index contributed by atoms with van der Waals surface area (Å²) < 4.78 is 61.1. The van der Waals surface area contributed by atoms with Gasteiger partial charge in [0, 0.05) is 12.3 Å². The molecule has 23 heteroatoms. The first-order valence-electron chi connectivity index (χ1n) is 26.8. The summed E-state index contributed by atoms with van der Waals surface area (Å²) in [4.78, 5) is 0. The lowest BCUT2D eigenvalue weighted by atomic mass is 9.44. The second-order valence-corrected chi connectivity index (χ2v) is 24.0. The fraction of sp³-hybridized carbons (Fsp3) is 1.00. The first kappa shape index (κ1) is 55.4. The van der Waals surface area contributed by atoms with E-state index < -0.39 is 161 Å². The number of hydrogen-bond donors (Lipinski definition) is 13. The lowest BCUT2D eigenvalue weighted by Crippen LogP contribution is -2.68. The van der Waals surface area contributed by atoms with Gasteiger partial charge < -0.3 is 114 Å². The third-order valence-corrected chi connectivity index (χ3v) is 20.0. The molecule has 6 heterocycles. The van der Waals surface area contributed by atoms with Gasteiger partial charge in [-0.3, -0.25) is 0 Å². The monoisotopic (exact) mass is 1050 g/mol. The summed E-state index contributed by atoms with van der Waals surface area (Å²) in [5.74, 6) is 2.34. The summed E-state index contributed by atoms with van der Waals surface area (Å²) in [5, 5.41) is 141. The minimum Gasteiger partial charge on any atom is -0.394 e. The standard InChI is InChI=1S/C50H82O23/c1-19-7-10-50(65-17-19)20(2)32-28(73-50)12-24-22-6-5-21-11-27(25(54)13-49(21,4)23(22)8-9-48(24,32)3)66-45-40(63)37(60)41(31(16-53)69-45)70-47-43(72-46-39(62)36(59)34(57)29(14-51)67-46)42(35(58)30(15-52)68-47)71-44-38(61)33(56)26(55)18-64-44/h19-47,51-63H,5-18H2,1-4H3/t19-,20+,21+,22?,23?,24+,25-,26-,27-,28?,29-,30-,31-,32?,33+,34-,35-,36+,37-,38-,39-,40-,41+,42+,43-,44+,45-,46+,47+,48+,49+,50?/m1/s1. The van der Waals surface area contributed by atoms with E-state index in [-0.39, 0.29) is 22.9 Å². The molecule has 0 radical (unpaired) electrons. The Morgan fingerprint density at radius 3 is 1.85 bits per heavy atom. The van der Waals surface area contributed by atoms with Crippen molar-refractivity contribution in [3.05, 3.63) is 0 Å². The Labute approximate surface area is 424 Å². The quantitative estimate of drug-likeness (QED) is 0.0902. The molecular formula is C50H82O23. The molecule has 4 aliphatic carbocycles. The van der Waals surface area contributed by atoms with Crippen LogP contribution in [0.3, 0.4) is 0 Å². The van der Waals surface area contributed by atoms with Gasteiger partial charge in [0.15, 0.2) is 30.9 Å². The zero-order valence-corrected chi connectivity index (χ0v) is 42.0. The van der Waals surface area contributed by atoms with E-state index in [1.165, 1.54) is 0 Å². The SMILES string of the molecule is C[C@@H]1CCC2(OC1)OC1C[C@H]3C4CC[C@H]5C[C@@H](O[C@@H]6O[C@H](CO)[C@H](O[C@@H]7O[C@H](CO)[C@@H](O)[C@H](O[C@@H]8OC[C@@H](O)[C@H](O)[C@H]8O)[C@H]7O[C@@H]7O[C@H](CO)[C@@H](O)[C@H](O)[C@H]7O)[C@H](O)[C@H]6O)[C@H](O)C[C@]5(C)C4CC[C@]3(C)C1[C@@H]2C. The second kappa shape index (κ2) is 21.3. The smallest absolute Gasteiger partial charge is 0.187 e. The summed E-state index contributed by atoms with van der Waals surface area (Å²) in [6, 6.07) is 0. The highest BCUT2D eigenvalue weighted by molar-refractivity contribution is 5.16. The fourth-order valence-corrected chi connectivity index (χ4v) is 15.9. The van der Waals surface area contributed by atoms with Crippen LogP contribution >= 0.6 is 0 Å². The Morgan fingerprint density at radius 2 is 1.15 bits per heavy atom. The Balaban J connectivity index is 0.824. The maximum atomic E-state index is 12.0. The number of rotatable bonds is 11. The van der Waals surface area contributed by atoms with Crippen molar-refractivity contribution in [2.75, 3.05) is 33.0 Å². The Morgan fingerprint density at radius 1 is 0.521 bits per heavy atom. The van der Waals surface area contributed by atoms with Crippen LogP contribution in [-0.4, -0.2) is 240 Å². The zero-order valence-electron chi connectivity index (χ0n) is 42.0. The lowest BCUT2D eigenvalue weighted by Gasteiger charge is -2.62. The topological polar surface area (TPSA) is 355 Å². The maximum absolute atomic E-state index is 12.0. The first-order chi connectivity index (χ1) is 34.7. The Hall–Kier alpha value is -0.920. The molecule has 32 atom stereocenters. The average molecular weight is 1050 g/mol. The highest BCUT2D eigenvalue weighted by Crippen LogP contribution is 2.71. The summed E-state index contributed by atoms with van der Waals surface area (Å²) >= 11 is 0. The van der Waals surface area contributed by atoms with Crippen LogP contribution in [0.2, 0.25) is 0 Å². The van der Waals surface area contributed by atoms with Crippen molar-refractivity contribution >= 4 is 0 Å². The molecule has 13 N–H and O–H groups in total. The van der Waals surface area contributed by atoms with E-state index in [1.54, 1.807) is 0 Å². The summed E-state index contributed by atoms with van der Waals surface area (Å²) in [7, 11) is 0. The Kier molecular flexibility index (Phi) is 16.1. The van der Waals surface area contributed by atoms with E-state index in [4.69, 9.17) is 47.4 Å². The van der Waals surface area contributed by atoms with Crippen LogP contribution in [0.1, 0.15) is 85.5 Å². The number of aliphatic hydroxyl groups is 13. The van der Waals surface area contributed by atoms with E-state index in [0.29, 0.717) is 48.3 Å². The van der Waals surface area contributed by atoms with E-state index in [2.05, 4.69) is 27.7 Å². The van der Waals surface area contributed by atoms with E-state index in [9.17, 15) is 66.4 Å². The van der Waals surface area contributed by atoms with Gasteiger partial charge in [-0.05, 0) is 97.7 Å². The highest BCUT2D eigenvalue weighted by atomic mass is 16.8. The largest absolute Gasteiger partial charge is 0.394 e. The van der Waals surface area contributed by atoms with E-state index in [0.717, 1.165) is 51.6 Å². The predicted octanol–water partition coefficient (Wildman–Crippen LogP) is -3.30. The number of fused-ring (bicyclic) bond motifs is 7. The zero-order chi connectivity index (χ0) is 52.2. The van der Waals surface area contributed by atoms with Gasteiger partial charge in [0.2, 0.25) is 0 Å². The molecule has 10 fully saturated rings. The molecule has 0 aromatic heterocycles. The fourth-order valence-electron chi connectivity index (χ4n) is 15.9. The van der Waals surface area contributed by atoms with Crippen LogP contribution in [0.25, 0.3) is 0 Å². The molecule has 6 aliphatic heterocycles. The highest BCUT2D eigenvalue weighted by Gasteiger charge is 2.70. The van der Waals surface area contributed by atoms with Gasteiger partial charge in [0.05, 0.1) is 51.3 Å². The van der Waals surface area contributed by atoms with E-state index >= 15 is 0 Å². The molecule has 1 spiro atoms. The van der Waals surface area contributed by atoms with Crippen molar-refractivity contribution in [2.45, 2.75) is 226 Å². The van der Waals surface area contributed by atoms with Crippen molar-refractivity contribution in [1.82, 2.24) is 0 Å². The van der Waals surface area contributed by atoms with Crippen LogP contribution in [0.15, 0.2) is 0 Å². The molecule has 10 aliphatic rings. The Bertz CT molecular complexity index is 1860. The van der Waals surface area contributed by atoms with Crippen LogP contribution < -0.4 is 0 Å². The molecule has 420 valence electrons. The minimum atomic E-state index is -2.02. The molecule has 23 nitrogen and oxygen atoms in total. The molecular weight excluding hydrogens is 969 g/mol. The molecule has 0 aromatic carbocycles. The van der Waals surface area contributed by atoms with Gasteiger partial charge in [-0.1, -0.05) is 27.7 Å². The van der Waals surface area contributed by atoms with Gasteiger partial charge in [-0.25, -0.2) is 0 Å². The predicted molar refractivity (Wildman–Crippen MR) is 244 cm³/mol. The van der Waals surface area contributed by atoms with Gasteiger partial charge in [-0.15, -0.1) is 0 Å². The first-order valence-corrected chi connectivity index (χ1v) is 26.8. The molecule has 0 aromatic rings. The summed E-state index contributed by atoms with van der Waals surface area (Å²) in [6.45, 7) is 7.02. The van der Waals surface area contributed by atoms with Crippen molar-refractivity contribution in [1.29, 1.82) is 0 Å². The van der Waals surface area contributed by atoms with Gasteiger partial charge >= 0.3 is 0 Å². The lowest BCUT2D eigenvalue weighted by molar-refractivity contribution is -0.404. The molecule has 6 saturated heterocycles. The van der Waals surface area contributed by atoms with E-state index in [1.807, 2.05) is 0 Å². The number of aliphatic hydroxyl groups excluding tert-OH is 13. The van der Waals surface area contributed by atoms with Crippen molar-refractivity contribution < 1.29 is 114 Å². The number of hydrogen-bond acceptors (Lipinski definition) is 23. The summed E-state index contributed by atoms with van der Waals surface area (Å²) in [6.07, 6.45) is -27.2. The van der Waals surface area contributed by atoms with Crippen molar-refractivity contribution in [3.8, 4) is 0 Å². The molecule has 10 rings (SSSR count). The normalized spacial score (nSPS) is 58.2. The molecule has 73 heavy (non-hydrogen) atoms. The third-order valence-electron chi connectivity index (χ3n) is 20.0. The van der Waals surface area contributed by atoms with Crippen molar-refractivity contribution in [3.63, 3.8) is 0 Å². The average Bonchev–Trinajstić information content (AvgIpc) is 3.82. The van der Waals surface area contributed by atoms with Gasteiger partial charge in [0.25, 0.3) is 0 Å².